The highest BCUT2D eigenvalue weighted by molar-refractivity contribution is 9.10. The first kappa shape index (κ1) is 22.7. The van der Waals surface area contributed by atoms with Gasteiger partial charge >= 0.3 is 0 Å². The van der Waals surface area contributed by atoms with Gasteiger partial charge in [0.1, 0.15) is 5.75 Å². The van der Waals surface area contributed by atoms with Crippen LogP contribution in [0.25, 0.3) is 11.8 Å². The number of hydrogen-bond donors (Lipinski definition) is 1. The van der Waals surface area contributed by atoms with Crippen molar-refractivity contribution in [3.8, 4) is 5.75 Å². The molecule has 0 unspecified atom stereocenters. The third-order valence-corrected chi connectivity index (χ3v) is 6.36. The summed E-state index contributed by atoms with van der Waals surface area (Å²) in [6.45, 7) is 0. The predicted octanol–water partition coefficient (Wildman–Crippen LogP) is 7.67. The standard InChI is InChI=1S/C30H23BrN2O2/c1-35-29-17-12-21(19-27(29)31)18-23-20-28(22-8-4-2-5-9-22)33(30(23)34)26-15-13-25(14-16-26)32-24-10-6-3-7-11-24/h2-20,32H,1H3. The molecule has 0 saturated heterocycles. The van der Waals surface area contributed by atoms with Crippen LogP contribution in [0.2, 0.25) is 0 Å². The zero-order valence-electron chi connectivity index (χ0n) is 19.1. The Hall–Kier alpha value is -4.09. The van der Waals surface area contributed by atoms with Gasteiger partial charge in [-0.15, -0.1) is 0 Å². The Morgan fingerprint density at radius 3 is 2.14 bits per heavy atom. The molecule has 1 N–H and O–H groups in total. The van der Waals surface area contributed by atoms with E-state index in [0.717, 1.165) is 44.1 Å². The second kappa shape index (κ2) is 10.0. The van der Waals surface area contributed by atoms with E-state index in [9.17, 15) is 4.79 Å². The average Bonchev–Trinajstić information content (AvgIpc) is 3.21. The molecular weight excluding hydrogens is 500 g/mol. The van der Waals surface area contributed by atoms with Crippen molar-refractivity contribution in [3.63, 3.8) is 0 Å². The summed E-state index contributed by atoms with van der Waals surface area (Å²) in [5.41, 5.74) is 6.13. The molecule has 0 aliphatic carbocycles. The lowest BCUT2D eigenvalue weighted by atomic mass is 10.1. The first-order valence-corrected chi connectivity index (χ1v) is 12.0. The molecule has 0 bridgehead atoms. The molecule has 0 spiro atoms. The molecule has 0 fully saturated rings. The maximum absolute atomic E-state index is 13.6. The predicted molar refractivity (Wildman–Crippen MR) is 147 cm³/mol. The van der Waals surface area contributed by atoms with Gasteiger partial charge in [-0.2, -0.15) is 0 Å². The van der Waals surface area contributed by atoms with Crippen molar-refractivity contribution >= 4 is 50.7 Å². The van der Waals surface area contributed by atoms with E-state index in [0.29, 0.717) is 5.57 Å². The van der Waals surface area contributed by atoms with Gasteiger partial charge in [-0.1, -0.05) is 54.6 Å². The minimum Gasteiger partial charge on any atom is -0.496 e. The maximum atomic E-state index is 13.6. The number of benzene rings is 4. The molecule has 4 aromatic rings. The molecule has 5 rings (SSSR count). The molecule has 5 heteroatoms. The quantitative estimate of drug-likeness (QED) is 0.264. The summed E-state index contributed by atoms with van der Waals surface area (Å²) in [5.74, 6) is 0.677. The van der Waals surface area contributed by atoms with Crippen LogP contribution in [0.3, 0.4) is 0 Å². The lowest BCUT2D eigenvalue weighted by molar-refractivity contribution is -0.113. The lowest BCUT2D eigenvalue weighted by Crippen LogP contribution is -2.24. The average molecular weight is 523 g/mol. The van der Waals surface area contributed by atoms with Crippen molar-refractivity contribution in [1.29, 1.82) is 0 Å². The Balaban J connectivity index is 1.49. The van der Waals surface area contributed by atoms with Crippen LogP contribution in [-0.2, 0) is 4.79 Å². The molecular formula is C30H23BrN2O2. The fraction of sp³-hybridized carbons (Fsp3) is 0.0333. The highest BCUT2D eigenvalue weighted by Gasteiger charge is 2.30. The van der Waals surface area contributed by atoms with Gasteiger partial charge in [0, 0.05) is 22.6 Å². The van der Waals surface area contributed by atoms with Crippen LogP contribution < -0.4 is 15.0 Å². The van der Waals surface area contributed by atoms with Crippen LogP contribution in [0.15, 0.2) is 119 Å². The van der Waals surface area contributed by atoms with E-state index >= 15 is 0 Å². The molecule has 0 aromatic heterocycles. The van der Waals surface area contributed by atoms with Gasteiger partial charge in [0.25, 0.3) is 5.91 Å². The fourth-order valence-electron chi connectivity index (χ4n) is 4.03. The molecule has 1 heterocycles. The minimum absolute atomic E-state index is 0.0698. The number of hydrogen-bond acceptors (Lipinski definition) is 3. The number of ether oxygens (including phenoxy) is 1. The summed E-state index contributed by atoms with van der Waals surface area (Å²) in [6.07, 6.45) is 3.85. The molecule has 4 aromatic carbocycles. The zero-order chi connectivity index (χ0) is 24.2. The van der Waals surface area contributed by atoms with Gasteiger partial charge in [-0.3, -0.25) is 9.69 Å². The second-order valence-electron chi connectivity index (χ2n) is 8.07. The van der Waals surface area contributed by atoms with Crippen LogP contribution in [0.5, 0.6) is 5.75 Å². The van der Waals surface area contributed by atoms with E-state index in [4.69, 9.17) is 4.74 Å². The van der Waals surface area contributed by atoms with Gasteiger partial charge in [-0.25, -0.2) is 0 Å². The first-order chi connectivity index (χ1) is 17.1. The Kier molecular flexibility index (Phi) is 6.51. The number of halogens is 1. The van der Waals surface area contributed by atoms with Crippen molar-refractivity contribution in [2.24, 2.45) is 0 Å². The monoisotopic (exact) mass is 522 g/mol. The van der Waals surface area contributed by atoms with E-state index in [2.05, 4.69) is 21.2 Å². The van der Waals surface area contributed by atoms with Gasteiger partial charge in [-0.05, 0) is 87.7 Å². The molecule has 0 saturated carbocycles. The Morgan fingerprint density at radius 1 is 0.829 bits per heavy atom. The summed E-state index contributed by atoms with van der Waals surface area (Å²) in [4.78, 5) is 15.4. The zero-order valence-corrected chi connectivity index (χ0v) is 20.7. The normalized spacial score (nSPS) is 14.2. The molecule has 0 radical (unpaired) electrons. The highest BCUT2D eigenvalue weighted by Crippen LogP contribution is 2.36. The number of para-hydroxylation sites is 1. The number of anilines is 3. The van der Waals surface area contributed by atoms with Gasteiger partial charge < -0.3 is 10.1 Å². The molecule has 1 aliphatic rings. The number of carbonyl (C=O) groups excluding carboxylic acids is 1. The summed E-state index contributed by atoms with van der Waals surface area (Å²) in [7, 11) is 1.63. The van der Waals surface area contributed by atoms with Gasteiger partial charge in [0.15, 0.2) is 0 Å². The van der Waals surface area contributed by atoms with Crippen LogP contribution in [-0.4, -0.2) is 13.0 Å². The van der Waals surface area contributed by atoms with Crippen molar-refractivity contribution in [1.82, 2.24) is 0 Å². The minimum atomic E-state index is -0.0698. The molecule has 0 atom stereocenters. The largest absolute Gasteiger partial charge is 0.496 e. The summed E-state index contributed by atoms with van der Waals surface area (Å²) < 4.78 is 6.17. The van der Waals surface area contributed by atoms with E-state index in [1.165, 1.54) is 0 Å². The van der Waals surface area contributed by atoms with Crippen LogP contribution >= 0.6 is 15.9 Å². The number of nitrogens with zero attached hydrogens (tertiary/aromatic N) is 1. The molecule has 1 amide bonds. The Morgan fingerprint density at radius 2 is 1.49 bits per heavy atom. The van der Waals surface area contributed by atoms with Gasteiger partial charge in [0.05, 0.1) is 17.3 Å². The number of carbonyl (C=O) groups is 1. The van der Waals surface area contributed by atoms with E-state index in [1.54, 1.807) is 12.0 Å². The SMILES string of the molecule is COc1ccc(C=C2C=C(c3ccccc3)N(c3ccc(Nc4ccccc4)cc3)C2=O)cc1Br. The molecule has 4 nitrogen and oxygen atoms in total. The number of rotatable bonds is 6. The van der Waals surface area contributed by atoms with Crippen LogP contribution in [0.4, 0.5) is 17.1 Å². The lowest BCUT2D eigenvalue weighted by Gasteiger charge is -2.21. The Bertz CT molecular complexity index is 1410. The smallest absolute Gasteiger partial charge is 0.262 e. The van der Waals surface area contributed by atoms with Crippen molar-refractivity contribution < 1.29 is 9.53 Å². The molecule has 172 valence electrons. The van der Waals surface area contributed by atoms with Crippen LogP contribution in [0, 0.1) is 0 Å². The molecule has 1 aliphatic heterocycles. The van der Waals surface area contributed by atoms with Gasteiger partial charge in [0.2, 0.25) is 0 Å². The number of nitrogens with one attached hydrogen (secondary N) is 1. The van der Waals surface area contributed by atoms with Crippen molar-refractivity contribution in [2.75, 3.05) is 17.3 Å². The second-order valence-corrected chi connectivity index (χ2v) is 8.92. The Labute approximate surface area is 213 Å². The highest BCUT2D eigenvalue weighted by atomic mass is 79.9. The topological polar surface area (TPSA) is 41.6 Å². The molecule has 35 heavy (non-hydrogen) atoms. The third-order valence-electron chi connectivity index (χ3n) is 5.74. The van der Waals surface area contributed by atoms with Crippen LogP contribution in [0.1, 0.15) is 11.1 Å². The maximum Gasteiger partial charge on any atom is 0.262 e. The van der Waals surface area contributed by atoms with E-state index in [1.807, 2.05) is 115 Å². The number of methoxy groups -OCH3 is 1. The number of amides is 1. The first-order valence-electron chi connectivity index (χ1n) is 11.2. The summed E-state index contributed by atoms with van der Waals surface area (Å²) in [5, 5.41) is 3.39. The van der Waals surface area contributed by atoms with Crippen molar-refractivity contribution in [3.05, 3.63) is 130 Å². The summed E-state index contributed by atoms with van der Waals surface area (Å²) >= 11 is 3.53. The fourth-order valence-corrected chi connectivity index (χ4v) is 4.59. The van der Waals surface area contributed by atoms with E-state index < -0.39 is 0 Å². The van der Waals surface area contributed by atoms with Crippen molar-refractivity contribution in [2.45, 2.75) is 0 Å². The summed E-state index contributed by atoms with van der Waals surface area (Å²) in [6, 6.07) is 33.6. The third kappa shape index (κ3) is 4.91. The van der Waals surface area contributed by atoms with E-state index in [-0.39, 0.29) is 5.91 Å².